The minimum absolute atomic E-state index is 0. The first-order valence-corrected chi connectivity index (χ1v) is 8.26. The van der Waals surface area contributed by atoms with Gasteiger partial charge in [-0.05, 0) is 57.2 Å². The Morgan fingerprint density at radius 2 is 2.05 bits per heavy atom. The number of halogens is 1. The summed E-state index contributed by atoms with van der Waals surface area (Å²) in [4.78, 5) is 15.1. The third-order valence-corrected chi connectivity index (χ3v) is 5.06. The first-order chi connectivity index (χ1) is 10.2. The van der Waals surface area contributed by atoms with Crippen LogP contribution in [0.5, 0.6) is 0 Å². The molecule has 3 atom stereocenters. The molecule has 0 radical (unpaired) electrons. The van der Waals surface area contributed by atoms with Crippen LogP contribution in [0.15, 0.2) is 24.3 Å². The van der Waals surface area contributed by atoms with E-state index in [9.17, 15) is 4.79 Å². The quantitative estimate of drug-likeness (QED) is 0.904. The predicted octanol–water partition coefficient (Wildman–Crippen LogP) is 3.47. The van der Waals surface area contributed by atoms with Crippen molar-refractivity contribution in [1.82, 2.24) is 10.2 Å². The molecule has 0 aromatic heterocycles. The van der Waals surface area contributed by atoms with Gasteiger partial charge in [0, 0.05) is 18.5 Å². The second-order valence-corrected chi connectivity index (χ2v) is 6.62. The molecule has 0 spiro atoms. The molecule has 122 valence electrons. The highest BCUT2D eigenvalue weighted by atomic mass is 35.5. The number of carbonyl (C=O) groups is 1. The van der Waals surface area contributed by atoms with Gasteiger partial charge in [0.1, 0.15) is 0 Å². The standard InChI is InChI=1S/C18H26N2O.ClH/c1-13-6-3-4-7-16(13)17-8-5-11-20(17)18(21)15-9-10-19-14(2)12-15;/h3-4,6-7,14-15,17,19H,5,8-12H2,1-2H3;1H/t14-,15-,17?;/m0./s1. The van der Waals surface area contributed by atoms with Crippen LogP contribution in [0.3, 0.4) is 0 Å². The molecule has 2 heterocycles. The highest BCUT2D eigenvalue weighted by molar-refractivity contribution is 5.85. The fourth-order valence-corrected chi connectivity index (χ4v) is 3.91. The van der Waals surface area contributed by atoms with Crippen molar-refractivity contribution in [3.8, 4) is 0 Å². The third kappa shape index (κ3) is 3.47. The molecule has 0 saturated carbocycles. The summed E-state index contributed by atoms with van der Waals surface area (Å²) >= 11 is 0. The summed E-state index contributed by atoms with van der Waals surface area (Å²) in [5.74, 6) is 0.597. The number of nitrogens with zero attached hydrogens (tertiary/aromatic N) is 1. The van der Waals surface area contributed by atoms with Crippen LogP contribution in [0.1, 0.15) is 49.8 Å². The zero-order valence-corrected chi connectivity index (χ0v) is 14.4. The van der Waals surface area contributed by atoms with Crippen LogP contribution in [0.25, 0.3) is 0 Å². The topological polar surface area (TPSA) is 32.3 Å². The summed E-state index contributed by atoms with van der Waals surface area (Å²) in [7, 11) is 0. The van der Waals surface area contributed by atoms with E-state index in [0.29, 0.717) is 18.0 Å². The van der Waals surface area contributed by atoms with E-state index in [1.807, 2.05) is 0 Å². The van der Waals surface area contributed by atoms with Gasteiger partial charge in [-0.15, -0.1) is 12.4 Å². The number of likely N-dealkylation sites (tertiary alicyclic amines) is 1. The number of rotatable bonds is 2. The fraction of sp³-hybridized carbons (Fsp3) is 0.611. The predicted molar refractivity (Wildman–Crippen MR) is 92.3 cm³/mol. The van der Waals surface area contributed by atoms with E-state index in [2.05, 4.69) is 48.3 Å². The second kappa shape index (κ2) is 7.47. The van der Waals surface area contributed by atoms with E-state index in [4.69, 9.17) is 0 Å². The monoisotopic (exact) mass is 322 g/mol. The molecular formula is C18H27ClN2O. The lowest BCUT2D eigenvalue weighted by Gasteiger charge is -2.33. The Morgan fingerprint density at radius 1 is 1.27 bits per heavy atom. The molecule has 1 aromatic rings. The van der Waals surface area contributed by atoms with Gasteiger partial charge in [0.2, 0.25) is 5.91 Å². The Kier molecular flexibility index (Phi) is 5.87. The van der Waals surface area contributed by atoms with Crippen molar-refractivity contribution in [2.45, 2.75) is 51.6 Å². The van der Waals surface area contributed by atoms with Crippen LogP contribution in [0.4, 0.5) is 0 Å². The van der Waals surface area contributed by atoms with Crippen molar-refractivity contribution >= 4 is 18.3 Å². The molecule has 0 bridgehead atoms. The minimum atomic E-state index is 0. The number of hydrogen-bond donors (Lipinski definition) is 1. The average molecular weight is 323 g/mol. The van der Waals surface area contributed by atoms with Crippen LogP contribution in [-0.2, 0) is 4.79 Å². The van der Waals surface area contributed by atoms with Gasteiger partial charge < -0.3 is 10.2 Å². The molecule has 2 saturated heterocycles. The normalized spacial score (nSPS) is 28.3. The molecule has 2 fully saturated rings. The molecule has 4 heteroatoms. The van der Waals surface area contributed by atoms with Crippen molar-refractivity contribution in [2.75, 3.05) is 13.1 Å². The number of nitrogens with one attached hydrogen (secondary N) is 1. The average Bonchev–Trinajstić information content (AvgIpc) is 2.96. The van der Waals surface area contributed by atoms with Gasteiger partial charge in [0.25, 0.3) is 0 Å². The van der Waals surface area contributed by atoms with Crippen molar-refractivity contribution < 1.29 is 4.79 Å². The minimum Gasteiger partial charge on any atom is -0.335 e. The summed E-state index contributed by atoms with van der Waals surface area (Å²) in [5, 5.41) is 3.44. The van der Waals surface area contributed by atoms with E-state index in [1.165, 1.54) is 11.1 Å². The second-order valence-electron chi connectivity index (χ2n) is 6.62. The first-order valence-electron chi connectivity index (χ1n) is 8.26. The third-order valence-electron chi connectivity index (χ3n) is 5.06. The van der Waals surface area contributed by atoms with Gasteiger partial charge in [-0.2, -0.15) is 0 Å². The van der Waals surface area contributed by atoms with Gasteiger partial charge in [0.15, 0.2) is 0 Å². The molecule has 1 amide bonds. The van der Waals surface area contributed by atoms with Crippen molar-refractivity contribution in [3.63, 3.8) is 0 Å². The van der Waals surface area contributed by atoms with Gasteiger partial charge >= 0.3 is 0 Å². The maximum absolute atomic E-state index is 12.9. The zero-order valence-electron chi connectivity index (χ0n) is 13.5. The maximum Gasteiger partial charge on any atom is 0.226 e. The molecule has 3 nitrogen and oxygen atoms in total. The summed E-state index contributed by atoms with van der Waals surface area (Å²) in [6.45, 7) is 6.24. The van der Waals surface area contributed by atoms with Crippen molar-refractivity contribution in [1.29, 1.82) is 0 Å². The summed E-state index contributed by atoms with van der Waals surface area (Å²) < 4.78 is 0. The number of benzene rings is 1. The highest BCUT2D eigenvalue weighted by Crippen LogP contribution is 2.35. The smallest absolute Gasteiger partial charge is 0.226 e. The van der Waals surface area contributed by atoms with Crippen LogP contribution in [0, 0.1) is 12.8 Å². The van der Waals surface area contributed by atoms with E-state index >= 15 is 0 Å². The molecular weight excluding hydrogens is 296 g/mol. The Bertz CT molecular complexity index is 520. The Morgan fingerprint density at radius 3 is 2.77 bits per heavy atom. The Balaban J connectivity index is 0.00000176. The van der Waals surface area contributed by atoms with Gasteiger partial charge in [-0.1, -0.05) is 24.3 Å². The summed E-state index contributed by atoms with van der Waals surface area (Å²) in [5.41, 5.74) is 2.64. The van der Waals surface area contributed by atoms with E-state index in [0.717, 1.165) is 38.8 Å². The largest absolute Gasteiger partial charge is 0.335 e. The van der Waals surface area contributed by atoms with Crippen LogP contribution in [0.2, 0.25) is 0 Å². The lowest BCUT2D eigenvalue weighted by Crippen LogP contribution is -2.44. The van der Waals surface area contributed by atoms with Gasteiger partial charge in [0.05, 0.1) is 6.04 Å². The van der Waals surface area contributed by atoms with Gasteiger partial charge in [-0.25, -0.2) is 0 Å². The lowest BCUT2D eigenvalue weighted by atomic mass is 9.91. The highest BCUT2D eigenvalue weighted by Gasteiger charge is 2.35. The van der Waals surface area contributed by atoms with Crippen LogP contribution >= 0.6 is 12.4 Å². The fourth-order valence-electron chi connectivity index (χ4n) is 3.91. The SMILES string of the molecule is Cc1ccccc1C1CCCN1C(=O)[C@H]1CCN[C@@H](C)C1.Cl. The molecule has 2 aliphatic heterocycles. The zero-order chi connectivity index (χ0) is 14.8. The van der Waals surface area contributed by atoms with Crippen LogP contribution in [-0.4, -0.2) is 29.9 Å². The number of carbonyl (C=O) groups excluding carboxylic acids is 1. The Hall–Kier alpha value is -1.06. The molecule has 1 unspecified atom stereocenters. The summed E-state index contributed by atoms with van der Waals surface area (Å²) in [6, 6.07) is 9.28. The van der Waals surface area contributed by atoms with Gasteiger partial charge in [-0.3, -0.25) is 4.79 Å². The number of amides is 1. The van der Waals surface area contributed by atoms with E-state index in [-0.39, 0.29) is 18.3 Å². The lowest BCUT2D eigenvalue weighted by molar-refractivity contribution is -0.137. The maximum atomic E-state index is 12.9. The molecule has 2 aliphatic rings. The molecule has 0 aliphatic carbocycles. The number of hydrogen-bond acceptors (Lipinski definition) is 2. The van der Waals surface area contributed by atoms with Crippen molar-refractivity contribution in [2.24, 2.45) is 5.92 Å². The summed E-state index contributed by atoms with van der Waals surface area (Å²) in [6.07, 6.45) is 4.21. The van der Waals surface area contributed by atoms with E-state index < -0.39 is 0 Å². The molecule has 3 rings (SSSR count). The molecule has 1 aromatic carbocycles. The molecule has 1 N–H and O–H groups in total. The first kappa shape index (κ1) is 17.3. The number of piperidine rings is 1. The number of aryl methyl sites for hydroxylation is 1. The molecule has 22 heavy (non-hydrogen) atoms. The Labute approximate surface area is 139 Å². The van der Waals surface area contributed by atoms with E-state index in [1.54, 1.807) is 0 Å². The van der Waals surface area contributed by atoms with Crippen LogP contribution < -0.4 is 5.32 Å². The van der Waals surface area contributed by atoms with Crippen molar-refractivity contribution in [3.05, 3.63) is 35.4 Å².